The molecule has 2 rings (SSSR count). The minimum Gasteiger partial charge on any atom is -0.390 e. The van der Waals surface area contributed by atoms with Crippen LogP contribution in [-0.4, -0.2) is 29.8 Å². The molecule has 1 fully saturated rings. The van der Waals surface area contributed by atoms with Gasteiger partial charge in [-0.25, -0.2) is 0 Å². The number of nitrogens with one attached hydrogen (secondary N) is 1. The van der Waals surface area contributed by atoms with Crippen LogP contribution in [-0.2, 0) is 6.54 Å². The minimum absolute atomic E-state index is 0.452. The predicted molar refractivity (Wildman–Crippen MR) is 90.1 cm³/mol. The third-order valence-corrected chi connectivity index (χ3v) is 4.52. The van der Waals surface area contributed by atoms with Crippen molar-refractivity contribution in [2.75, 3.05) is 18.0 Å². The molecular formula is C17H27ClN2O. The second-order valence-electron chi connectivity index (χ2n) is 6.65. The molecule has 0 radical (unpaired) electrons. The average Bonchev–Trinajstić information content (AvgIpc) is 2.58. The first-order valence-corrected chi connectivity index (χ1v) is 8.24. The number of rotatable bonds is 4. The first-order valence-electron chi connectivity index (χ1n) is 7.86. The van der Waals surface area contributed by atoms with Crippen molar-refractivity contribution >= 4 is 17.3 Å². The van der Waals surface area contributed by atoms with Gasteiger partial charge in [-0.05, 0) is 43.9 Å². The van der Waals surface area contributed by atoms with Crippen LogP contribution in [0.4, 0.5) is 5.69 Å². The molecule has 0 aliphatic carbocycles. The van der Waals surface area contributed by atoms with E-state index in [1.54, 1.807) is 0 Å². The first kappa shape index (κ1) is 16.6. The van der Waals surface area contributed by atoms with E-state index in [0.29, 0.717) is 6.04 Å². The molecule has 3 nitrogen and oxygen atoms in total. The molecule has 0 saturated carbocycles. The van der Waals surface area contributed by atoms with Gasteiger partial charge in [0.05, 0.1) is 5.60 Å². The highest BCUT2D eigenvalue weighted by atomic mass is 35.5. The highest BCUT2D eigenvalue weighted by Gasteiger charge is 2.25. The van der Waals surface area contributed by atoms with Crippen LogP contribution in [0.5, 0.6) is 0 Å². The van der Waals surface area contributed by atoms with Crippen molar-refractivity contribution in [2.45, 2.75) is 58.2 Å². The first-order chi connectivity index (χ1) is 9.87. The SMILES string of the molecule is CC(C)NCc1ccc(N2CCCC(C)(O)CC2)cc1Cl. The molecule has 4 heteroatoms. The molecule has 21 heavy (non-hydrogen) atoms. The third-order valence-electron chi connectivity index (χ3n) is 4.17. The largest absolute Gasteiger partial charge is 0.390 e. The molecule has 0 aromatic heterocycles. The number of hydrogen-bond donors (Lipinski definition) is 2. The molecular weight excluding hydrogens is 284 g/mol. The Bertz CT molecular complexity index is 474. The summed E-state index contributed by atoms with van der Waals surface area (Å²) in [5, 5.41) is 14.4. The summed E-state index contributed by atoms with van der Waals surface area (Å²) in [6, 6.07) is 6.76. The fourth-order valence-corrected chi connectivity index (χ4v) is 2.95. The summed E-state index contributed by atoms with van der Waals surface area (Å²) in [6.45, 7) is 8.86. The molecule has 0 amide bonds. The van der Waals surface area contributed by atoms with Crippen molar-refractivity contribution < 1.29 is 5.11 Å². The Labute approximate surface area is 133 Å². The van der Waals surface area contributed by atoms with Gasteiger partial charge in [0.25, 0.3) is 0 Å². The summed E-state index contributed by atoms with van der Waals surface area (Å²) in [5.74, 6) is 0. The van der Waals surface area contributed by atoms with E-state index < -0.39 is 5.60 Å². The van der Waals surface area contributed by atoms with E-state index in [4.69, 9.17) is 11.6 Å². The molecule has 2 N–H and O–H groups in total. The van der Waals surface area contributed by atoms with Crippen LogP contribution in [0.15, 0.2) is 18.2 Å². The summed E-state index contributed by atoms with van der Waals surface area (Å²) >= 11 is 6.41. The van der Waals surface area contributed by atoms with Crippen LogP contribution in [0.1, 0.15) is 45.6 Å². The number of anilines is 1. The van der Waals surface area contributed by atoms with Crippen molar-refractivity contribution in [3.05, 3.63) is 28.8 Å². The average molecular weight is 311 g/mol. The second-order valence-corrected chi connectivity index (χ2v) is 7.06. The van der Waals surface area contributed by atoms with Gasteiger partial charge in [-0.1, -0.05) is 31.5 Å². The Morgan fingerprint density at radius 1 is 1.33 bits per heavy atom. The summed E-state index contributed by atoms with van der Waals surface area (Å²) in [4.78, 5) is 2.33. The van der Waals surface area contributed by atoms with Crippen molar-refractivity contribution in [1.29, 1.82) is 0 Å². The predicted octanol–water partition coefficient (Wildman–Crippen LogP) is 3.58. The van der Waals surface area contributed by atoms with Gasteiger partial charge in [-0.2, -0.15) is 0 Å². The van der Waals surface area contributed by atoms with E-state index in [1.165, 1.54) is 0 Å². The molecule has 1 unspecified atom stereocenters. The lowest BCUT2D eigenvalue weighted by Crippen LogP contribution is -2.28. The topological polar surface area (TPSA) is 35.5 Å². The van der Waals surface area contributed by atoms with Gasteiger partial charge in [0.2, 0.25) is 0 Å². The van der Waals surface area contributed by atoms with Gasteiger partial charge in [0.1, 0.15) is 0 Å². The molecule has 1 saturated heterocycles. The lowest BCUT2D eigenvalue weighted by molar-refractivity contribution is 0.0481. The fourth-order valence-electron chi connectivity index (χ4n) is 2.71. The Balaban J connectivity index is 2.05. The smallest absolute Gasteiger partial charge is 0.0637 e. The number of nitrogens with zero attached hydrogens (tertiary/aromatic N) is 1. The molecule has 1 atom stereocenters. The van der Waals surface area contributed by atoms with E-state index in [1.807, 2.05) is 6.92 Å². The van der Waals surface area contributed by atoms with E-state index in [-0.39, 0.29) is 0 Å². The van der Waals surface area contributed by atoms with Gasteiger partial charge in [0, 0.05) is 36.4 Å². The molecule has 1 aromatic rings. The number of aliphatic hydroxyl groups is 1. The lowest BCUT2D eigenvalue weighted by atomic mass is 9.98. The van der Waals surface area contributed by atoms with E-state index in [0.717, 1.165) is 55.2 Å². The maximum absolute atomic E-state index is 10.2. The van der Waals surface area contributed by atoms with Gasteiger partial charge in [-0.3, -0.25) is 0 Å². The molecule has 1 aliphatic rings. The van der Waals surface area contributed by atoms with Crippen molar-refractivity contribution in [3.8, 4) is 0 Å². The van der Waals surface area contributed by atoms with E-state index in [9.17, 15) is 5.11 Å². The van der Waals surface area contributed by atoms with Crippen LogP contribution in [0.2, 0.25) is 5.02 Å². The van der Waals surface area contributed by atoms with Crippen LogP contribution >= 0.6 is 11.6 Å². The zero-order chi connectivity index (χ0) is 15.5. The summed E-state index contributed by atoms with van der Waals surface area (Å²) in [6.07, 6.45) is 2.69. The number of hydrogen-bond acceptors (Lipinski definition) is 3. The van der Waals surface area contributed by atoms with Crippen molar-refractivity contribution in [2.24, 2.45) is 0 Å². The maximum atomic E-state index is 10.2. The van der Waals surface area contributed by atoms with Crippen molar-refractivity contribution in [3.63, 3.8) is 0 Å². The minimum atomic E-state index is -0.528. The fraction of sp³-hybridized carbons (Fsp3) is 0.647. The standard InChI is InChI=1S/C17H27ClN2O/c1-13(2)19-12-14-5-6-15(11-16(14)18)20-9-4-7-17(3,21)8-10-20/h5-6,11,13,19,21H,4,7-10,12H2,1-3H3. The van der Waals surface area contributed by atoms with Gasteiger partial charge in [-0.15, -0.1) is 0 Å². The summed E-state index contributed by atoms with van der Waals surface area (Å²) < 4.78 is 0. The van der Waals surface area contributed by atoms with Crippen LogP contribution in [0, 0.1) is 0 Å². The third kappa shape index (κ3) is 4.87. The molecule has 0 bridgehead atoms. The van der Waals surface area contributed by atoms with Gasteiger partial charge >= 0.3 is 0 Å². The maximum Gasteiger partial charge on any atom is 0.0637 e. The Hall–Kier alpha value is -0.770. The number of benzene rings is 1. The highest BCUT2D eigenvalue weighted by molar-refractivity contribution is 6.31. The van der Waals surface area contributed by atoms with Gasteiger partial charge in [0.15, 0.2) is 0 Å². The summed E-state index contributed by atoms with van der Waals surface area (Å²) in [7, 11) is 0. The monoisotopic (exact) mass is 310 g/mol. The van der Waals surface area contributed by atoms with Crippen LogP contribution in [0.3, 0.4) is 0 Å². The van der Waals surface area contributed by atoms with E-state index >= 15 is 0 Å². The zero-order valence-corrected chi connectivity index (χ0v) is 14.1. The molecule has 1 aromatic carbocycles. The normalized spacial score (nSPS) is 23.4. The van der Waals surface area contributed by atoms with Crippen LogP contribution < -0.4 is 10.2 Å². The Morgan fingerprint density at radius 3 is 2.76 bits per heavy atom. The summed E-state index contributed by atoms with van der Waals surface area (Å²) in [5.41, 5.74) is 1.77. The van der Waals surface area contributed by atoms with Crippen molar-refractivity contribution in [1.82, 2.24) is 5.32 Å². The molecule has 1 heterocycles. The second kappa shape index (κ2) is 6.99. The Morgan fingerprint density at radius 2 is 2.10 bits per heavy atom. The van der Waals surface area contributed by atoms with Gasteiger partial charge < -0.3 is 15.3 Å². The molecule has 118 valence electrons. The van der Waals surface area contributed by atoms with E-state index in [2.05, 4.69) is 42.3 Å². The quantitative estimate of drug-likeness (QED) is 0.892. The Kier molecular flexibility index (Phi) is 5.53. The highest BCUT2D eigenvalue weighted by Crippen LogP contribution is 2.28. The zero-order valence-electron chi connectivity index (χ0n) is 13.3. The molecule has 0 spiro atoms. The lowest BCUT2D eigenvalue weighted by Gasteiger charge is -2.25. The number of halogens is 1. The molecule has 1 aliphatic heterocycles. The van der Waals surface area contributed by atoms with Crippen LogP contribution in [0.25, 0.3) is 0 Å².